The molecule has 1 heterocycles. The van der Waals surface area contributed by atoms with E-state index in [9.17, 15) is 13.2 Å². The second-order valence-corrected chi connectivity index (χ2v) is 7.02. The second kappa shape index (κ2) is 6.81. The summed E-state index contributed by atoms with van der Waals surface area (Å²) in [4.78, 5) is 11.5. The van der Waals surface area contributed by atoms with E-state index in [0.29, 0.717) is 18.9 Å². The van der Waals surface area contributed by atoms with Crippen LogP contribution in [0.5, 0.6) is 0 Å². The third kappa shape index (κ3) is 6.50. The highest BCUT2D eigenvalue weighted by atomic mass is 32.2. The number of nitrogens with one attached hydrogen (secondary N) is 3. The van der Waals surface area contributed by atoms with Gasteiger partial charge in [-0.25, -0.2) is 13.1 Å². The quantitative estimate of drug-likeness (QED) is 0.651. The summed E-state index contributed by atoms with van der Waals surface area (Å²) in [5, 5.41) is 13.3. The summed E-state index contributed by atoms with van der Waals surface area (Å²) < 4.78 is 25.0. The molecule has 0 atom stereocenters. The molecule has 9 heteroatoms. The van der Waals surface area contributed by atoms with Crippen molar-refractivity contribution in [1.29, 1.82) is 0 Å². The Morgan fingerprint density at radius 3 is 2.43 bits per heavy atom. The minimum absolute atomic E-state index is 0.232. The molecule has 0 unspecified atom stereocenters. The third-order valence-electron chi connectivity index (χ3n) is 2.41. The molecule has 0 aliphatic carbocycles. The van der Waals surface area contributed by atoms with Crippen molar-refractivity contribution in [3.63, 3.8) is 0 Å². The Hall–Kier alpha value is -1.74. The number of sulfonamides is 1. The lowest BCUT2D eigenvalue weighted by atomic mass is 10.1. The van der Waals surface area contributed by atoms with Gasteiger partial charge in [-0.2, -0.15) is 0 Å². The van der Waals surface area contributed by atoms with Crippen LogP contribution in [0.15, 0.2) is 12.1 Å². The van der Waals surface area contributed by atoms with Crippen molar-refractivity contribution in [1.82, 2.24) is 20.2 Å². The minimum atomic E-state index is -3.29. The zero-order valence-corrected chi connectivity index (χ0v) is 13.4. The monoisotopic (exact) mass is 315 g/mol. The fourth-order valence-electron chi connectivity index (χ4n) is 1.65. The van der Waals surface area contributed by atoms with E-state index < -0.39 is 15.6 Å². The molecule has 3 N–H and O–H groups in total. The zero-order chi connectivity index (χ0) is 16.1. The lowest BCUT2D eigenvalue weighted by Crippen LogP contribution is -2.47. The maximum absolute atomic E-state index is 11.5. The highest BCUT2D eigenvalue weighted by molar-refractivity contribution is 7.88. The smallest absolute Gasteiger partial charge is 0.271 e. The first-order valence-corrected chi connectivity index (χ1v) is 8.37. The second-order valence-electron chi connectivity index (χ2n) is 5.27. The van der Waals surface area contributed by atoms with Gasteiger partial charge in [-0.15, -0.1) is 10.2 Å². The van der Waals surface area contributed by atoms with Crippen molar-refractivity contribution in [2.24, 2.45) is 0 Å². The van der Waals surface area contributed by atoms with Gasteiger partial charge < -0.3 is 10.6 Å². The van der Waals surface area contributed by atoms with Gasteiger partial charge in [0.25, 0.3) is 5.91 Å². The molecule has 0 saturated heterocycles. The van der Waals surface area contributed by atoms with Crippen LogP contribution in [0.3, 0.4) is 0 Å². The molecule has 1 aromatic heterocycles. The first-order chi connectivity index (χ1) is 9.63. The van der Waals surface area contributed by atoms with Crippen LogP contribution in [0.4, 0.5) is 5.82 Å². The predicted octanol–water partition coefficient (Wildman–Crippen LogP) is -0.0340. The number of hydrogen-bond acceptors (Lipinski definition) is 6. The van der Waals surface area contributed by atoms with E-state index in [1.54, 1.807) is 26.0 Å². The molecule has 0 aromatic carbocycles. The Kier molecular flexibility index (Phi) is 5.62. The van der Waals surface area contributed by atoms with Crippen LogP contribution in [-0.2, 0) is 10.0 Å². The van der Waals surface area contributed by atoms with Crippen molar-refractivity contribution in [3.8, 4) is 0 Å². The fourth-order valence-corrected chi connectivity index (χ4v) is 2.72. The number of carbonyl (C=O) groups excluding carboxylic acids is 1. The van der Waals surface area contributed by atoms with E-state index in [-0.39, 0.29) is 11.6 Å². The Morgan fingerprint density at radius 1 is 1.29 bits per heavy atom. The van der Waals surface area contributed by atoms with Crippen LogP contribution in [0.1, 0.15) is 31.3 Å². The predicted molar refractivity (Wildman–Crippen MR) is 80.6 cm³/mol. The summed E-state index contributed by atoms with van der Waals surface area (Å²) in [6.45, 7) is 6.16. The van der Waals surface area contributed by atoms with Crippen LogP contribution >= 0.6 is 0 Å². The Bertz CT molecular complexity index is 583. The highest BCUT2D eigenvalue weighted by Gasteiger charge is 2.22. The Morgan fingerprint density at radius 2 is 1.95 bits per heavy atom. The lowest BCUT2D eigenvalue weighted by molar-refractivity contribution is 0.0950. The molecule has 0 spiro atoms. The average molecular weight is 315 g/mol. The SMILES string of the molecule is CCNC(=O)c1ccc(NCC(C)(C)NS(C)(=O)=O)nn1. The molecule has 1 amide bonds. The molecule has 8 nitrogen and oxygen atoms in total. The molecule has 0 bridgehead atoms. The third-order valence-corrected chi connectivity index (χ3v) is 3.33. The summed E-state index contributed by atoms with van der Waals surface area (Å²) in [7, 11) is -3.29. The van der Waals surface area contributed by atoms with Crippen LogP contribution < -0.4 is 15.4 Å². The number of amides is 1. The van der Waals surface area contributed by atoms with Crippen molar-refractivity contribution in [2.75, 3.05) is 24.7 Å². The van der Waals surface area contributed by atoms with Gasteiger partial charge in [0.15, 0.2) is 5.69 Å². The first-order valence-electron chi connectivity index (χ1n) is 6.48. The summed E-state index contributed by atoms with van der Waals surface area (Å²) in [6.07, 6.45) is 1.11. The van der Waals surface area contributed by atoms with E-state index in [1.807, 2.05) is 6.92 Å². The Balaban J connectivity index is 2.62. The number of carbonyl (C=O) groups is 1. The number of aromatic nitrogens is 2. The Labute approximate surface area is 124 Å². The fraction of sp³-hybridized carbons (Fsp3) is 0.583. The van der Waals surface area contributed by atoms with Gasteiger partial charge in [0.1, 0.15) is 5.82 Å². The molecule has 1 aromatic rings. The number of nitrogens with zero attached hydrogens (tertiary/aromatic N) is 2. The van der Waals surface area contributed by atoms with E-state index in [1.165, 1.54) is 0 Å². The molecule has 21 heavy (non-hydrogen) atoms. The lowest BCUT2D eigenvalue weighted by Gasteiger charge is -2.25. The molecular formula is C12H21N5O3S. The molecule has 0 saturated carbocycles. The molecule has 1 rings (SSSR count). The van der Waals surface area contributed by atoms with Gasteiger partial charge in [0.05, 0.1) is 6.26 Å². The molecule has 118 valence electrons. The van der Waals surface area contributed by atoms with Crippen LogP contribution in [0.2, 0.25) is 0 Å². The number of hydrogen-bond donors (Lipinski definition) is 3. The molecule has 0 aliphatic rings. The summed E-state index contributed by atoms with van der Waals surface area (Å²) in [6, 6.07) is 3.17. The number of anilines is 1. The topological polar surface area (TPSA) is 113 Å². The van der Waals surface area contributed by atoms with Crippen molar-refractivity contribution in [2.45, 2.75) is 26.3 Å². The van der Waals surface area contributed by atoms with E-state index >= 15 is 0 Å². The maximum atomic E-state index is 11.5. The van der Waals surface area contributed by atoms with Crippen LogP contribution in [0, 0.1) is 0 Å². The zero-order valence-electron chi connectivity index (χ0n) is 12.6. The number of rotatable bonds is 7. The average Bonchev–Trinajstić information content (AvgIpc) is 2.34. The van der Waals surface area contributed by atoms with Gasteiger partial charge in [-0.1, -0.05) is 0 Å². The van der Waals surface area contributed by atoms with Gasteiger partial charge in [-0.3, -0.25) is 4.79 Å². The molecule has 0 aliphatic heterocycles. The highest BCUT2D eigenvalue weighted by Crippen LogP contribution is 2.07. The minimum Gasteiger partial charge on any atom is -0.367 e. The van der Waals surface area contributed by atoms with Crippen molar-refractivity contribution in [3.05, 3.63) is 17.8 Å². The first kappa shape index (κ1) is 17.3. The van der Waals surface area contributed by atoms with E-state index in [4.69, 9.17) is 0 Å². The summed E-state index contributed by atoms with van der Waals surface area (Å²) in [5.74, 6) is 0.182. The standard InChI is InChI=1S/C12H21N5O3S/c1-5-13-11(18)9-6-7-10(16-15-9)14-8-12(2,3)17-21(4,19)20/h6-7,17H,5,8H2,1-4H3,(H,13,18)(H,14,16). The van der Waals surface area contributed by atoms with Crippen molar-refractivity contribution < 1.29 is 13.2 Å². The van der Waals surface area contributed by atoms with Gasteiger partial charge >= 0.3 is 0 Å². The normalized spacial score (nSPS) is 12.0. The largest absolute Gasteiger partial charge is 0.367 e. The van der Waals surface area contributed by atoms with Gasteiger partial charge in [0.2, 0.25) is 10.0 Å². The summed E-state index contributed by atoms with van der Waals surface area (Å²) >= 11 is 0. The van der Waals surface area contributed by atoms with Crippen LogP contribution in [-0.4, -0.2) is 49.4 Å². The molecule has 0 radical (unpaired) electrons. The van der Waals surface area contributed by atoms with E-state index in [0.717, 1.165) is 6.26 Å². The summed E-state index contributed by atoms with van der Waals surface area (Å²) in [5.41, 5.74) is -0.441. The van der Waals surface area contributed by atoms with E-state index in [2.05, 4.69) is 25.6 Å². The van der Waals surface area contributed by atoms with Gasteiger partial charge in [0, 0.05) is 18.6 Å². The molecular weight excluding hydrogens is 294 g/mol. The maximum Gasteiger partial charge on any atom is 0.271 e. The van der Waals surface area contributed by atoms with Crippen molar-refractivity contribution >= 4 is 21.7 Å². The van der Waals surface area contributed by atoms with Crippen LogP contribution in [0.25, 0.3) is 0 Å². The van der Waals surface area contributed by atoms with Gasteiger partial charge in [-0.05, 0) is 32.9 Å². The molecule has 0 fully saturated rings.